The molecule has 0 bridgehead atoms. The van der Waals surface area contributed by atoms with Gasteiger partial charge in [0.2, 0.25) is 21.2 Å². The molecule has 1 saturated heterocycles. The number of nitrogens with one attached hydrogen (secondary N) is 1. The molecule has 274 valence electrons. The van der Waals surface area contributed by atoms with Crippen LogP contribution in [0.5, 0.6) is 0 Å². The fraction of sp³-hybridized carbons (Fsp3) is 0.739. The summed E-state index contributed by atoms with van der Waals surface area (Å²) in [6.07, 6.45) is -1.68. The minimum absolute atomic E-state index is 0.104. The van der Waals surface area contributed by atoms with Gasteiger partial charge in [-0.3, -0.25) is 46.7 Å². The smallest absolute Gasteiger partial charge is 0.438 e. The monoisotopic (exact) mass is 763 g/mol. The zero-order chi connectivity index (χ0) is 37.8. The standard InChI is InChI=1S/C23H35BF2N5O15P3/c1-13-9-31(20(35)28-17(13)32)16-8-14(29-30-27)15(45-16)10-42-49(24,39)46-47(36,37)23(25,26)48(38,43-11-40-18(33)21(2,3)4)44-12-41-19(34)22(5,6)7/h9,14-16H,8,10-12H2,1-7H3,(H,36,37)(H,28,32,35)/t14-,15+,16+,49?/m0/s1. The topological polar surface area (TPSA) is 274 Å². The van der Waals surface area contributed by atoms with E-state index < -0.39 is 101 Å². The van der Waals surface area contributed by atoms with Gasteiger partial charge in [-0.05, 0) is 54.0 Å². The van der Waals surface area contributed by atoms with E-state index in [-0.39, 0.29) is 12.0 Å². The Morgan fingerprint density at radius 3 is 2.06 bits per heavy atom. The number of alkyl halides is 2. The fourth-order valence-electron chi connectivity index (χ4n) is 3.51. The highest BCUT2D eigenvalue weighted by Gasteiger charge is 2.69. The number of carbonyl (C=O) groups is 2. The van der Waals surface area contributed by atoms with Crippen molar-refractivity contribution in [1.82, 2.24) is 9.55 Å². The molecule has 1 aromatic rings. The lowest BCUT2D eigenvalue weighted by atomic mass is 9.98. The number of carbonyl (C=O) groups excluding carboxylic acids is 2. The highest BCUT2D eigenvalue weighted by atomic mass is 31.3. The largest absolute Gasteiger partial charge is 0.444 e. The van der Waals surface area contributed by atoms with Crippen LogP contribution >= 0.6 is 22.7 Å². The molecule has 49 heavy (non-hydrogen) atoms. The first kappa shape index (κ1) is 42.5. The first-order chi connectivity index (χ1) is 22.2. The second-order valence-electron chi connectivity index (χ2n) is 12.4. The molecule has 0 amide bonds. The van der Waals surface area contributed by atoms with Crippen molar-refractivity contribution in [3.05, 3.63) is 43.0 Å². The summed E-state index contributed by atoms with van der Waals surface area (Å²) in [6, 6.07) is -1.18. The van der Waals surface area contributed by atoms with Gasteiger partial charge in [0.25, 0.3) is 13.0 Å². The van der Waals surface area contributed by atoms with E-state index in [9.17, 15) is 37.8 Å². The number of azide groups is 1. The van der Waals surface area contributed by atoms with Crippen molar-refractivity contribution >= 4 is 42.2 Å². The minimum Gasteiger partial charge on any atom is -0.438 e. The Bertz CT molecular complexity index is 1680. The number of aromatic amines is 1. The van der Waals surface area contributed by atoms with E-state index in [0.717, 1.165) is 10.8 Å². The van der Waals surface area contributed by atoms with Gasteiger partial charge in [0.05, 0.1) is 29.6 Å². The number of rotatable bonds is 15. The van der Waals surface area contributed by atoms with E-state index in [2.05, 4.69) is 32.9 Å². The molecular formula is C23H35BF2N5O15P3. The van der Waals surface area contributed by atoms with Crippen molar-refractivity contribution in [2.45, 2.75) is 78.7 Å². The molecule has 0 aromatic carbocycles. The number of aromatic nitrogens is 2. The van der Waals surface area contributed by atoms with Crippen molar-refractivity contribution in [1.29, 1.82) is 0 Å². The number of halogens is 2. The third-order valence-electron chi connectivity index (χ3n) is 6.22. The van der Waals surface area contributed by atoms with Crippen LogP contribution in [0.4, 0.5) is 8.78 Å². The third-order valence-corrected chi connectivity index (χ3v) is 12.3. The quantitative estimate of drug-likeness (QED) is 0.0482. The van der Waals surface area contributed by atoms with Gasteiger partial charge >= 0.3 is 38.2 Å². The Morgan fingerprint density at radius 1 is 1.08 bits per heavy atom. The van der Waals surface area contributed by atoms with Crippen LogP contribution in [0.15, 0.2) is 20.9 Å². The molecule has 1 aliphatic heterocycles. The van der Waals surface area contributed by atoms with Gasteiger partial charge < -0.3 is 23.6 Å². The second-order valence-corrected chi connectivity index (χ2v) is 18.4. The summed E-state index contributed by atoms with van der Waals surface area (Å²) < 4.78 is 104. The molecule has 2 N–H and O–H groups in total. The van der Waals surface area contributed by atoms with Crippen molar-refractivity contribution in [3.63, 3.8) is 0 Å². The van der Waals surface area contributed by atoms with Gasteiger partial charge in [-0.1, -0.05) is 5.11 Å². The molecule has 0 spiro atoms. The van der Waals surface area contributed by atoms with Crippen molar-refractivity contribution in [3.8, 4) is 0 Å². The van der Waals surface area contributed by atoms with Crippen LogP contribution in [0.25, 0.3) is 10.4 Å². The maximum Gasteiger partial charge on any atom is 0.444 e. The number of H-pyrrole nitrogens is 1. The van der Waals surface area contributed by atoms with Crippen LogP contribution in [0.3, 0.4) is 0 Å². The van der Waals surface area contributed by atoms with Crippen molar-refractivity contribution in [2.24, 2.45) is 15.9 Å². The average Bonchev–Trinajstić information content (AvgIpc) is 3.34. The van der Waals surface area contributed by atoms with E-state index in [1.165, 1.54) is 48.5 Å². The first-order valence-corrected chi connectivity index (χ1v) is 18.6. The summed E-state index contributed by atoms with van der Waals surface area (Å²) in [4.78, 5) is 62.9. The zero-order valence-electron chi connectivity index (χ0n) is 27.3. The number of ether oxygens (including phenoxy) is 3. The molecule has 2 unspecified atom stereocenters. The fourth-order valence-corrected chi connectivity index (χ4v) is 8.36. The van der Waals surface area contributed by atoms with E-state index in [1.807, 2.05) is 4.98 Å². The van der Waals surface area contributed by atoms with Crippen LogP contribution < -0.4 is 11.2 Å². The Kier molecular flexibility index (Phi) is 13.6. The Balaban J connectivity index is 2.28. The summed E-state index contributed by atoms with van der Waals surface area (Å²) in [5.41, 5.74) is 5.04. The van der Waals surface area contributed by atoms with Crippen molar-refractivity contribution < 1.29 is 69.1 Å². The van der Waals surface area contributed by atoms with Crippen molar-refractivity contribution in [2.75, 3.05) is 20.2 Å². The molecule has 1 aromatic heterocycles. The van der Waals surface area contributed by atoms with E-state index in [4.69, 9.17) is 22.4 Å². The molecule has 2 rings (SSSR count). The average molecular weight is 763 g/mol. The normalized spacial score (nSPS) is 21.2. The number of esters is 2. The third kappa shape index (κ3) is 10.9. The molecule has 0 aliphatic carbocycles. The minimum atomic E-state index is -6.84. The van der Waals surface area contributed by atoms with Gasteiger partial charge in [0, 0.05) is 23.1 Å². The van der Waals surface area contributed by atoms with E-state index in [0.29, 0.717) is 0 Å². The predicted octanol–water partition coefficient (Wildman–Crippen LogP) is 4.18. The molecule has 26 heteroatoms. The molecule has 2 radical (unpaired) electrons. The highest BCUT2D eigenvalue weighted by Crippen LogP contribution is 2.80. The van der Waals surface area contributed by atoms with E-state index >= 15 is 8.78 Å². The zero-order valence-corrected chi connectivity index (χ0v) is 29.9. The maximum atomic E-state index is 15.5. The lowest BCUT2D eigenvalue weighted by Gasteiger charge is -2.30. The van der Waals surface area contributed by atoms with Crippen LogP contribution in [0.1, 0.15) is 59.8 Å². The summed E-state index contributed by atoms with van der Waals surface area (Å²) >= 11 is 0. The molecule has 2 heterocycles. The number of nitrogens with zero attached hydrogens (tertiary/aromatic N) is 4. The van der Waals surface area contributed by atoms with Crippen LogP contribution in [0.2, 0.25) is 0 Å². The molecule has 0 saturated carbocycles. The van der Waals surface area contributed by atoms with Crippen LogP contribution in [0, 0.1) is 17.8 Å². The van der Waals surface area contributed by atoms with Crippen LogP contribution in [-0.2, 0) is 55.4 Å². The highest BCUT2D eigenvalue weighted by molar-refractivity contribution is 7.86. The first-order valence-electron chi connectivity index (χ1n) is 13.9. The van der Waals surface area contributed by atoms with Gasteiger partial charge in [-0.2, -0.15) is 8.78 Å². The summed E-state index contributed by atoms with van der Waals surface area (Å²) in [5, 5.41) is -2.17. The SMILES string of the molecule is [B]P(=O)(OC[C@H]1O[C@@H](n2cc(C)c(=O)[nH]c2=O)C[C@@H]1N=[N+]=[N-])OP(=O)(O)C(F)(F)P(=O)(OCOC(=O)C(C)(C)C)OCOC(=O)C(C)(C)C. The summed E-state index contributed by atoms with van der Waals surface area (Å²) in [5.74, 6) is -2.08. The van der Waals surface area contributed by atoms with Gasteiger partial charge in [-0.25, -0.2) is 9.11 Å². The Labute approximate surface area is 278 Å². The number of hydrogen-bond donors (Lipinski definition) is 2. The number of hydrogen-bond acceptors (Lipinski definition) is 15. The lowest BCUT2D eigenvalue weighted by molar-refractivity contribution is -0.163. The van der Waals surface area contributed by atoms with Gasteiger partial charge in [0.15, 0.2) is 0 Å². The second kappa shape index (κ2) is 15.7. The molecular weight excluding hydrogens is 728 g/mol. The maximum absolute atomic E-state index is 15.5. The molecule has 5 atom stereocenters. The molecule has 1 fully saturated rings. The van der Waals surface area contributed by atoms with Gasteiger partial charge in [0.1, 0.15) is 6.23 Å². The molecule has 20 nitrogen and oxygen atoms in total. The number of aryl methyl sites for hydroxylation is 1. The summed E-state index contributed by atoms with van der Waals surface area (Å²) in [6.45, 7) is 5.56. The Morgan fingerprint density at radius 2 is 1.59 bits per heavy atom. The lowest BCUT2D eigenvalue weighted by Crippen LogP contribution is -2.33. The van der Waals surface area contributed by atoms with Crippen LogP contribution in [-0.4, -0.2) is 71.7 Å². The predicted molar refractivity (Wildman–Crippen MR) is 163 cm³/mol. The Hall–Kier alpha value is -2.70. The summed E-state index contributed by atoms with van der Waals surface area (Å²) in [7, 11) is -13.4. The van der Waals surface area contributed by atoms with E-state index in [1.54, 1.807) is 0 Å². The van der Waals surface area contributed by atoms with Gasteiger partial charge in [-0.15, -0.1) is 0 Å². The molecule has 1 aliphatic rings.